The summed E-state index contributed by atoms with van der Waals surface area (Å²) in [6.45, 7) is 13.0. The van der Waals surface area contributed by atoms with Crippen LogP contribution < -0.4 is 10.2 Å². The van der Waals surface area contributed by atoms with Gasteiger partial charge in [0.05, 0.1) is 24.2 Å². The number of halogens is 2. The Balaban J connectivity index is 1.52. The first-order chi connectivity index (χ1) is 16.9. The summed E-state index contributed by atoms with van der Waals surface area (Å²) in [5.74, 6) is -1.40. The van der Waals surface area contributed by atoms with E-state index in [1.165, 1.54) is 4.90 Å². The zero-order valence-corrected chi connectivity index (χ0v) is 21.1. The summed E-state index contributed by atoms with van der Waals surface area (Å²) < 4.78 is 33.0. The number of carbonyl (C=O) groups is 2. The van der Waals surface area contributed by atoms with Crippen molar-refractivity contribution in [3.05, 3.63) is 42.1 Å². The fourth-order valence-electron chi connectivity index (χ4n) is 5.49. The van der Waals surface area contributed by atoms with Crippen LogP contribution >= 0.6 is 0 Å². The van der Waals surface area contributed by atoms with E-state index in [1.54, 1.807) is 20.8 Å². The predicted octanol–water partition coefficient (Wildman–Crippen LogP) is 3.40. The lowest BCUT2D eigenvalue weighted by atomic mass is 10.1. The van der Waals surface area contributed by atoms with Crippen LogP contribution in [0.3, 0.4) is 0 Å². The third-order valence-corrected chi connectivity index (χ3v) is 6.93. The van der Waals surface area contributed by atoms with Gasteiger partial charge in [-0.25, -0.2) is 13.6 Å². The number of likely N-dealkylation sites (tertiary alicyclic amines) is 2. The molecule has 3 aliphatic heterocycles. The number of nitrogens with one attached hydrogen (secondary N) is 1. The van der Waals surface area contributed by atoms with Crippen LogP contribution in [0.25, 0.3) is 0 Å². The first-order valence-electron chi connectivity index (χ1n) is 12.2. The van der Waals surface area contributed by atoms with Gasteiger partial charge in [0, 0.05) is 37.1 Å². The fourth-order valence-corrected chi connectivity index (χ4v) is 5.49. The molecule has 3 fully saturated rings. The highest BCUT2D eigenvalue weighted by Crippen LogP contribution is 2.37. The molecule has 5 atom stereocenters. The van der Waals surface area contributed by atoms with Crippen molar-refractivity contribution < 1.29 is 23.1 Å². The molecule has 2 amide bonds. The van der Waals surface area contributed by atoms with Crippen molar-refractivity contribution in [2.75, 3.05) is 24.5 Å². The van der Waals surface area contributed by atoms with Gasteiger partial charge in [-0.3, -0.25) is 9.69 Å². The summed E-state index contributed by atoms with van der Waals surface area (Å²) >= 11 is 0. The second-order valence-electron chi connectivity index (χ2n) is 11.0. The highest BCUT2D eigenvalue weighted by Gasteiger charge is 2.51. The maximum atomic E-state index is 13.8. The summed E-state index contributed by atoms with van der Waals surface area (Å²) in [5.41, 5.74) is 0.105. The lowest BCUT2D eigenvalue weighted by Crippen LogP contribution is -2.56. The van der Waals surface area contributed by atoms with Gasteiger partial charge in [-0.15, -0.1) is 0 Å². The third-order valence-electron chi connectivity index (χ3n) is 6.93. The van der Waals surface area contributed by atoms with E-state index in [0.29, 0.717) is 44.1 Å². The van der Waals surface area contributed by atoms with E-state index in [9.17, 15) is 23.6 Å². The van der Waals surface area contributed by atoms with Crippen molar-refractivity contribution in [2.24, 2.45) is 5.92 Å². The Morgan fingerprint density at radius 2 is 1.92 bits per heavy atom. The van der Waals surface area contributed by atoms with E-state index in [4.69, 9.17) is 4.74 Å². The van der Waals surface area contributed by atoms with Crippen molar-refractivity contribution in [2.45, 2.75) is 70.3 Å². The molecule has 0 aromatic heterocycles. The fraction of sp³-hybridized carbons (Fsp3) is 0.577. The number of amides is 2. The molecule has 10 heteroatoms. The molecule has 1 aromatic carbocycles. The number of fused-ring (bicyclic) bond motifs is 2. The minimum absolute atomic E-state index is 0.209. The van der Waals surface area contributed by atoms with Crippen molar-refractivity contribution in [1.82, 2.24) is 15.1 Å². The van der Waals surface area contributed by atoms with E-state index in [1.807, 2.05) is 9.80 Å². The molecular weight excluding hydrogens is 468 g/mol. The highest BCUT2D eigenvalue weighted by molar-refractivity contribution is 6.01. The Kier molecular flexibility index (Phi) is 6.97. The molecule has 0 radical (unpaired) electrons. The van der Waals surface area contributed by atoms with Gasteiger partial charge in [0.2, 0.25) is 5.91 Å². The third kappa shape index (κ3) is 5.31. The summed E-state index contributed by atoms with van der Waals surface area (Å²) in [6, 6.07) is 3.77. The standard InChI is InChI=1S/C26H33F2N5O3/c1-15-6-20(11-29)32(12-15)16(2)22(30-25(35)36-26(3,4)5)14-31-13-21-10-23(31)24(34)33(21)19-8-17(27)7-18(28)9-19/h7-9,15,20-23H,2,6,10,12-14H2,1,3-5H3,(H,30,35)/t15?,20?,21-,22?,23?/m0/s1. The summed E-state index contributed by atoms with van der Waals surface area (Å²) in [6.07, 6.45) is 0.618. The van der Waals surface area contributed by atoms with Gasteiger partial charge in [-0.05, 0) is 51.7 Å². The number of rotatable bonds is 6. The highest BCUT2D eigenvalue weighted by atomic mass is 19.1. The molecule has 0 saturated carbocycles. The first-order valence-corrected chi connectivity index (χ1v) is 12.2. The maximum absolute atomic E-state index is 13.8. The van der Waals surface area contributed by atoms with Crippen LogP contribution in [0.5, 0.6) is 0 Å². The average molecular weight is 502 g/mol. The van der Waals surface area contributed by atoms with Crippen molar-refractivity contribution in [3.63, 3.8) is 0 Å². The van der Waals surface area contributed by atoms with Gasteiger partial charge in [0.25, 0.3) is 0 Å². The molecule has 8 nitrogen and oxygen atoms in total. The normalized spacial score (nSPS) is 26.8. The number of anilines is 1. The largest absolute Gasteiger partial charge is 0.444 e. The number of hydrogen-bond donors (Lipinski definition) is 1. The van der Waals surface area contributed by atoms with Gasteiger partial charge in [-0.1, -0.05) is 13.5 Å². The number of hydrogen-bond acceptors (Lipinski definition) is 6. The minimum Gasteiger partial charge on any atom is -0.444 e. The molecule has 0 spiro atoms. The predicted molar refractivity (Wildman–Crippen MR) is 130 cm³/mol. The maximum Gasteiger partial charge on any atom is 0.408 e. The van der Waals surface area contributed by atoms with E-state index in [-0.39, 0.29) is 23.7 Å². The Morgan fingerprint density at radius 1 is 1.25 bits per heavy atom. The zero-order valence-electron chi connectivity index (χ0n) is 21.1. The van der Waals surface area contributed by atoms with Gasteiger partial charge in [-0.2, -0.15) is 5.26 Å². The monoisotopic (exact) mass is 501 g/mol. The van der Waals surface area contributed by atoms with E-state index in [0.717, 1.165) is 18.2 Å². The molecule has 1 N–H and O–H groups in total. The Labute approximate surface area is 210 Å². The Morgan fingerprint density at radius 3 is 2.50 bits per heavy atom. The Hall–Kier alpha value is -3.19. The number of benzene rings is 1. The number of nitrogens with zero attached hydrogens (tertiary/aromatic N) is 4. The number of piperazine rings is 1. The number of ether oxygens (including phenoxy) is 1. The van der Waals surface area contributed by atoms with Gasteiger partial charge >= 0.3 is 6.09 Å². The van der Waals surface area contributed by atoms with Crippen LogP contribution in [0.4, 0.5) is 19.3 Å². The van der Waals surface area contributed by atoms with Crippen LogP contribution in [0.15, 0.2) is 30.5 Å². The number of alkyl carbamates (subject to hydrolysis) is 1. The summed E-state index contributed by atoms with van der Waals surface area (Å²) in [4.78, 5) is 31.2. The van der Waals surface area contributed by atoms with Crippen LogP contribution in [0.2, 0.25) is 0 Å². The molecule has 1 aromatic rings. The average Bonchev–Trinajstić information content (AvgIpc) is 3.42. The zero-order chi connectivity index (χ0) is 26.4. The molecule has 3 heterocycles. The van der Waals surface area contributed by atoms with E-state index >= 15 is 0 Å². The van der Waals surface area contributed by atoms with Crippen molar-refractivity contribution in [3.8, 4) is 6.07 Å². The molecule has 3 aliphatic rings. The lowest BCUT2D eigenvalue weighted by Gasteiger charge is -2.38. The lowest BCUT2D eigenvalue weighted by molar-refractivity contribution is -0.122. The SMILES string of the molecule is C=C(C(CN1C[C@@H]2CC1C(=O)N2c1cc(F)cc(F)c1)NC(=O)OC(C)(C)C)N1CC(C)CC1C#N. The second-order valence-corrected chi connectivity index (χ2v) is 11.0. The van der Waals surface area contributed by atoms with E-state index in [2.05, 4.69) is 24.9 Å². The summed E-state index contributed by atoms with van der Waals surface area (Å²) in [7, 11) is 0. The molecule has 4 rings (SSSR count). The molecular formula is C26H33F2N5O3. The van der Waals surface area contributed by atoms with Crippen LogP contribution in [-0.4, -0.2) is 71.2 Å². The molecule has 3 saturated heterocycles. The number of carbonyl (C=O) groups excluding carboxylic acids is 2. The molecule has 194 valence electrons. The Bertz CT molecular complexity index is 1080. The molecule has 2 bridgehead atoms. The first kappa shape index (κ1) is 25.9. The van der Waals surface area contributed by atoms with Gasteiger partial charge in [0.1, 0.15) is 23.3 Å². The topological polar surface area (TPSA) is 88.9 Å². The van der Waals surface area contributed by atoms with Crippen molar-refractivity contribution >= 4 is 17.7 Å². The quantitative estimate of drug-likeness (QED) is 0.643. The van der Waals surface area contributed by atoms with E-state index < -0.39 is 35.4 Å². The number of nitriles is 1. The summed E-state index contributed by atoms with van der Waals surface area (Å²) in [5, 5.41) is 12.5. The van der Waals surface area contributed by atoms with Crippen LogP contribution in [0, 0.1) is 28.9 Å². The van der Waals surface area contributed by atoms with Crippen LogP contribution in [0.1, 0.15) is 40.5 Å². The minimum atomic E-state index is -0.734. The molecule has 36 heavy (non-hydrogen) atoms. The molecule has 4 unspecified atom stereocenters. The van der Waals surface area contributed by atoms with Crippen molar-refractivity contribution in [1.29, 1.82) is 5.26 Å². The smallest absolute Gasteiger partial charge is 0.408 e. The second kappa shape index (κ2) is 9.69. The van der Waals surface area contributed by atoms with Gasteiger partial charge < -0.3 is 19.9 Å². The van der Waals surface area contributed by atoms with Crippen LogP contribution in [-0.2, 0) is 9.53 Å². The van der Waals surface area contributed by atoms with Gasteiger partial charge in [0.15, 0.2) is 0 Å². The molecule has 0 aliphatic carbocycles.